The van der Waals surface area contributed by atoms with E-state index in [2.05, 4.69) is 27.3 Å². The third kappa shape index (κ3) is 4.06. The minimum Gasteiger partial charge on any atom is -0.334 e. The highest BCUT2D eigenvalue weighted by atomic mass is 32.2. The van der Waals surface area contributed by atoms with Crippen LogP contribution in [0.2, 0.25) is 0 Å². The van der Waals surface area contributed by atoms with Crippen molar-refractivity contribution in [2.75, 3.05) is 25.4 Å². The molecule has 0 amide bonds. The van der Waals surface area contributed by atoms with Crippen LogP contribution in [0.25, 0.3) is 10.6 Å². The lowest BCUT2D eigenvalue weighted by Crippen LogP contribution is -3.13. The summed E-state index contributed by atoms with van der Waals surface area (Å²) in [6, 6.07) is 4.16. The molecular formula is C16H23N4S2+. The van der Waals surface area contributed by atoms with Crippen molar-refractivity contribution in [2.45, 2.75) is 38.1 Å². The minimum atomic E-state index is 0.939. The van der Waals surface area contributed by atoms with Crippen molar-refractivity contribution in [3.05, 3.63) is 22.8 Å². The molecule has 6 heteroatoms. The van der Waals surface area contributed by atoms with Gasteiger partial charge in [-0.2, -0.15) is 0 Å². The Hall–Kier alpha value is -0.980. The summed E-state index contributed by atoms with van der Waals surface area (Å²) in [5, 5.41) is 10.9. The van der Waals surface area contributed by atoms with Gasteiger partial charge < -0.3 is 4.90 Å². The lowest BCUT2D eigenvalue weighted by Gasteiger charge is -2.23. The van der Waals surface area contributed by atoms with Crippen molar-refractivity contribution < 1.29 is 4.90 Å². The molecule has 22 heavy (non-hydrogen) atoms. The van der Waals surface area contributed by atoms with Gasteiger partial charge in [0.2, 0.25) is 0 Å². The fourth-order valence-corrected chi connectivity index (χ4v) is 4.64. The Morgan fingerprint density at radius 2 is 1.95 bits per heavy atom. The Morgan fingerprint density at radius 1 is 1.14 bits per heavy atom. The molecule has 0 aromatic carbocycles. The van der Waals surface area contributed by atoms with Crippen LogP contribution >= 0.6 is 23.1 Å². The van der Waals surface area contributed by atoms with Crippen LogP contribution in [0, 0.1) is 13.8 Å². The minimum absolute atomic E-state index is 0.939. The molecule has 0 bridgehead atoms. The molecule has 2 aromatic rings. The van der Waals surface area contributed by atoms with E-state index in [1.807, 2.05) is 25.6 Å². The molecule has 3 heterocycles. The van der Waals surface area contributed by atoms with Crippen molar-refractivity contribution in [3.63, 3.8) is 0 Å². The van der Waals surface area contributed by atoms with Gasteiger partial charge in [-0.1, -0.05) is 11.8 Å². The number of likely N-dealkylation sites (tertiary alicyclic amines) is 1. The standard InChI is InChI=1S/C16H22N4S2/c1-12-16(22-13(2)17-12)14-6-7-15(19-18-14)21-11-10-20-8-4-3-5-9-20/h6-7H,3-5,8-11H2,1-2H3/p+1. The Kier molecular flexibility index (Phi) is 5.44. The molecule has 1 saturated heterocycles. The highest BCUT2D eigenvalue weighted by Crippen LogP contribution is 2.28. The second-order valence-corrected chi connectivity index (χ2v) is 8.13. The summed E-state index contributed by atoms with van der Waals surface area (Å²) < 4.78 is 0. The Bertz CT molecular complexity index is 603. The first-order valence-electron chi connectivity index (χ1n) is 7.97. The molecule has 118 valence electrons. The lowest BCUT2D eigenvalue weighted by atomic mass is 10.1. The predicted molar refractivity (Wildman–Crippen MR) is 92.8 cm³/mol. The van der Waals surface area contributed by atoms with Gasteiger partial charge in [0.1, 0.15) is 10.7 Å². The number of thioether (sulfide) groups is 1. The van der Waals surface area contributed by atoms with Crippen molar-refractivity contribution in [2.24, 2.45) is 0 Å². The molecule has 1 fully saturated rings. The van der Waals surface area contributed by atoms with E-state index in [0.717, 1.165) is 32.1 Å². The average molecular weight is 336 g/mol. The van der Waals surface area contributed by atoms with Crippen LogP contribution in [-0.4, -0.2) is 40.6 Å². The summed E-state index contributed by atoms with van der Waals surface area (Å²) in [5.74, 6) is 1.13. The van der Waals surface area contributed by atoms with E-state index >= 15 is 0 Å². The summed E-state index contributed by atoms with van der Waals surface area (Å²) >= 11 is 3.51. The second-order valence-electron chi connectivity index (χ2n) is 5.81. The third-order valence-corrected chi connectivity index (χ3v) is 6.06. The van der Waals surface area contributed by atoms with Crippen molar-refractivity contribution in [1.82, 2.24) is 15.2 Å². The summed E-state index contributed by atoms with van der Waals surface area (Å²) in [5.41, 5.74) is 1.99. The molecular weight excluding hydrogens is 312 g/mol. The smallest absolute Gasteiger partial charge is 0.119 e. The Morgan fingerprint density at radius 3 is 2.59 bits per heavy atom. The number of thiazole rings is 1. The number of aromatic nitrogens is 3. The van der Waals surface area contributed by atoms with E-state index in [1.54, 1.807) is 16.2 Å². The van der Waals surface area contributed by atoms with Crippen LogP contribution in [0.15, 0.2) is 17.2 Å². The first-order valence-corrected chi connectivity index (χ1v) is 9.77. The molecule has 0 spiro atoms. The third-order valence-electron chi connectivity index (χ3n) is 4.04. The van der Waals surface area contributed by atoms with Gasteiger partial charge in [-0.25, -0.2) is 4.98 Å². The van der Waals surface area contributed by atoms with Crippen LogP contribution in [0.4, 0.5) is 0 Å². The fourth-order valence-electron chi connectivity index (χ4n) is 2.89. The predicted octanol–water partition coefficient (Wildman–Crippen LogP) is 2.38. The maximum atomic E-state index is 4.45. The number of rotatable bonds is 5. The van der Waals surface area contributed by atoms with E-state index in [9.17, 15) is 0 Å². The number of hydrogen-bond donors (Lipinski definition) is 1. The van der Waals surface area contributed by atoms with E-state index in [1.165, 1.54) is 38.9 Å². The summed E-state index contributed by atoms with van der Waals surface area (Å²) in [7, 11) is 0. The van der Waals surface area contributed by atoms with Crippen molar-refractivity contribution in [3.8, 4) is 10.6 Å². The van der Waals surface area contributed by atoms with Gasteiger partial charge in [0.05, 0.1) is 35.2 Å². The molecule has 1 aliphatic heterocycles. The van der Waals surface area contributed by atoms with Gasteiger partial charge >= 0.3 is 0 Å². The average Bonchev–Trinajstić information content (AvgIpc) is 2.88. The maximum absolute atomic E-state index is 4.45. The van der Waals surface area contributed by atoms with Gasteiger partial charge in [-0.05, 0) is 45.2 Å². The van der Waals surface area contributed by atoms with Crippen molar-refractivity contribution in [1.29, 1.82) is 0 Å². The SMILES string of the molecule is Cc1nc(C)c(-c2ccc(SCC[NH+]3CCCCC3)nn2)s1. The summed E-state index contributed by atoms with van der Waals surface area (Å²) in [4.78, 5) is 7.34. The second kappa shape index (κ2) is 7.53. The molecule has 1 N–H and O–H groups in total. The molecule has 3 rings (SSSR count). The highest BCUT2D eigenvalue weighted by Gasteiger charge is 2.13. The van der Waals surface area contributed by atoms with Crippen LogP contribution in [0.5, 0.6) is 0 Å². The van der Waals surface area contributed by atoms with Gasteiger partial charge in [0.15, 0.2) is 0 Å². The summed E-state index contributed by atoms with van der Waals surface area (Å²) in [6.45, 7) is 7.98. The van der Waals surface area contributed by atoms with Gasteiger partial charge in [0.25, 0.3) is 0 Å². The van der Waals surface area contributed by atoms with E-state index in [-0.39, 0.29) is 0 Å². The van der Waals surface area contributed by atoms with Crippen LogP contribution in [0.3, 0.4) is 0 Å². The fraction of sp³-hybridized carbons (Fsp3) is 0.562. The molecule has 0 unspecified atom stereocenters. The highest BCUT2D eigenvalue weighted by molar-refractivity contribution is 7.99. The quantitative estimate of drug-likeness (QED) is 0.852. The maximum Gasteiger partial charge on any atom is 0.119 e. The number of piperidine rings is 1. The van der Waals surface area contributed by atoms with Crippen LogP contribution in [0.1, 0.15) is 30.0 Å². The van der Waals surface area contributed by atoms with Gasteiger partial charge in [-0.15, -0.1) is 21.5 Å². The van der Waals surface area contributed by atoms with Gasteiger partial charge in [-0.3, -0.25) is 0 Å². The largest absolute Gasteiger partial charge is 0.334 e. The first-order chi connectivity index (χ1) is 10.7. The molecule has 2 aromatic heterocycles. The molecule has 0 atom stereocenters. The number of aryl methyl sites for hydroxylation is 2. The number of nitrogens with one attached hydrogen (secondary N) is 1. The monoisotopic (exact) mass is 335 g/mol. The number of nitrogens with zero attached hydrogens (tertiary/aromatic N) is 3. The Balaban J connectivity index is 1.54. The zero-order valence-corrected chi connectivity index (χ0v) is 14.9. The molecule has 4 nitrogen and oxygen atoms in total. The summed E-state index contributed by atoms with van der Waals surface area (Å²) in [6.07, 6.45) is 4.20. The zero-order valence-electron chi connectivity index (χ0n) is 13.3. The van der Waals surface area contributed by atoms with E-state index in [4.69, 9.17) is 0 Å². The molecule has 1 aliphatic rings. The molecule has 0 saturated carbocycles. The van der Waals surface area contributed by atoms with E-state index in [0.29, 0.717) is 0 Å². The van der Waals surface area contributed by atoms with Crippen LogP contribution in [-0.2, 0) is 0 Å². The first kappa shape index (κ1) is 15.9. The number of hydrogen-bond acceptors (Lipinski definition) is 5. The van der Waals surface area contributed by atoms with Crippen molar-refractivity contribution >= 4 is 23.1 Å². The zero-order chi connectivity index (χ0) is 15.4. The normalized spacial score (nSPS) is 16.1. The van der Waals surface area contributed by atoms with Gasteiger partial charge in [0, 0.05) is 5.75 Å². The van der Waals surface area contributed by atoms with Crippen LogP contribution < -0.4 is 4.90 Å². The molecule has 0 aliphatic carbocycles. The Labute approximate surface area is 140 Å². The van der Waals surface area contributed by atoms with E-state index < -0.39 is 0 Å². The molecule has 0 radical (unpaired) electrons. The lowest BCUT2D eigenvalue weighted by molar-refractivity contribution is -0.902. The topological polar surface area (TPSA) is 43.1 Å². The number of quaternary nitrogens is 1.